The molecule has 0 radical (unpaired) electrons. The summed E-state index contributed by atoms with van der Waals surface area (Å²) >= 11 is 7.25. The first kappa shape index (κ1) is 21.8. The van der Waals surface area contributed by atoms with Gasteiger partial charge >= 0.3 is 5.69 Å². The molecule has 3 aromatic rings. The van der Waals surface area contributed by atoms with E-state index in [2.05, 4.69) is 16.3 Å². The maximum absolute atomic E-state index is 12.7. The highest BCUT2D eigenvalue weighted by Crippen LogP contribution is 2.23. The predicted octanol–water partition coefficient (Wildman–Crippen LogP) is 2.59. The number of halogens is 1. The van der Waals surface area contributed by atoms with Crippen molar-refractivity contribution in [2.24, 2.45) is 20.0 Å². The zero-order valence-corrected chi connectivity index (χ0v) is 19.1. The van der Waals surface area contributed by atoms with Crippen LogP contribution in [0.2, 0.25) is 5.02 Å². The second-order valence-electron chi connectivity index (χ2n) is 8.09. The van der Waals surface area contributed by atoms with E-state index in [1.54, 1.807) is 13.1 Å². The summed E-state index contributed by atoms with van der Waals surface area (Å²) < 4.78 is 2.47. The molecule has 1 N–H and O–H groups in total. The van der Waals surface area contributed by atoms with Gasteiger partial charge in [-0.05, 0) is 55.6 Å². The second kappa shape index (κ2) is 8.98. The number of thiophene rings is 1. The van der Waals surface area contributed by atoms with Crippen molar-refractivity contribution in [3.63, 3.8) is 0 Å². The largest absolute Gasteiger partial charge is 0.351 e. The van der Waals surface area contributed by atoms with Crippen molar-refractivity contribution < 1.29 is 4.79 Å². The molecule has 4 rings (SSSR count). The van der Waals surface area contributed by atoms with Gasteiger partial charge in [-0.1, -0.05) is 23.7 Å². The molecule has 164 valence electrons. The van der Waals surface area contributed by atoms with Crippen LogP contribution in [-0.2, 0) is 20.6 Å². The van der Waals surface area contributed by atoms with E-state index in [4.69, 9.17) is 11.6 Å². The van der Waals surface area contributed by atoms with Gasteiger partial charge in [-0.25, -0.2) is 4.79 Å². The highest BCUT2D eigenvalue weighted by Gasteiger charge is 2.21. The lowest BCUT2D eigenvalue weighted by molar-refractivity contribution is 0.0939. The average molecular weight is 461 g/mol. The zero-order valence-electron chi connectivity index (χ0n) is 17.6. The lowest BCUT2D eigenvalue weighted by Crippen LogP contribution is -2.38. The van der Waals surface area contributed by atoms with E-state index in [9.17, 15) is 14.4 Å². The predicted molar refractivity (Wildman–Crippen MR) is 124 cm³/mol. The summed E-state index contributed by atoms with van der Waals surface area (Å²) in [6.07, 6.45) is 2.03. The number of aromatic nitrogens is 2. The van der Waals surface area contributed by atoms with Crippen LogP contribution >= 0.6 is 22.9 Å². The summed E-state index contributed by atoms with van der Waals surface area (Å²) in [7, 11) is 3.06. The molecule has 1 aliphatic rings. The molecule has 0 atom stereocenters. The first-order valence-corrected chi connectivity index (χ1v) is 11.5. The first-order valence-electron chi connectivity index (χ1n) is 10.3. The van der Waals surface area contributed by atoms with Gasteiger partial charge in [0.15, 0.2) is 0 Å². The molecule has 1 amide bonds. The van der Waals surface area contributed by atoms with Crippen molar-refractivity contribution in [2.75, 3.05) is 19.6 Å². The highest BCUT2D eigenvalue weighted by molar-refractivity contribution is 7.20. The maximum atomic E-state index is 12.7. The first-order chi connectivity index (χ1) is 14.8. The summed E-state index contributed by atoms with van der Waals surface area (Å²) in [4.78, 5) is 40.5. The Morgan fingerprint density at radius 3 is 2.61 bits per heavy atom. The van der Waals surface area contributed by atoms with Gasteiger partial charge in [-0.3, -0.25) is 23.6 Å². The molecular weight excluding hydrogens is 436 g/mol. The Labute approximate surface area is 188 Å². The minimum absolute atomic E-state index is 0.197. The number of benzene rings is 1. The number of nitrogens with one attached hydrogen (secondary N) is 1. The van der Waals surface area contributed by atoms with Crippen LogP contribution in [0.15, 0.2) is 39.9 Å². The van der Waals surface area contributed by atoms with E-state index in [1.807, 2.05) is 18.2 Å². The van der Waals surface area contributed by atoms with E-state index < -0.39 is 5.69 Å². The average Bonchev–Trinajstić information content (AvgIpc) is 3.21. The van der Waals surface area contributed by atoms with Gasteiger partial charge < -0.3 is 5.32 Å². The molecule has 1 fully saturated rings. The van der Waals surface area contributed by atoms with Crippen LogP contribution in [0.5, 0.6) is 0 Å². The number of piperidine rings is 1. The molecule has 3 heterocycles. The summed E-state index contributed by atoms with van der Waals surface area (Å²) in [5.41, 5.74) is 0.445. The van der Waals surface area contributed by atoms with E-state index in [1.165, 1.54) is 28.5 Å². The van der Waals surface area contributed by atoms with Gasteiger partial charge in [-0.15, -0.1) is 11.3 Å². The van der Waals surface area contributed by atoms with Crippen molar-refractivity contribution in [3.8, 4) is 0 Å². The Bertz CT molecular complexity index is 1240. The molecule has 0 spiro atoms. The molecular formula is C22H25ClN4O3S. The number of fused-ring (bicyclic) bond motifs is 1. The molecule has 9 heteroatoms. The molecule has 1 aromatic carbocycles. The van der Waals surface area contributed by atoms with Crippen molar-refractivity contribution >= 4 is 39.1 Å². The minimum Gasteiger partial charge on any atom is -0.351 e. The summed E-state index contributed by atoms with van der Waals surface area (Å²) in [5.74, 6) is 0.225. The fraction of sp³-hybridized carbons (Fsp3) is 0.409. The number of hydrogen-bond acceptors (Lipinski definition) is 5. The van der Waals surface area contributed by atoms with Crippen molar-refractivity contribution in [1.82, 2.24) is 19.4 Å². The lowest BCUT2D eigenvalue weighted by Gasteiger charge is -2.32. The van der Waals surface area contributed by atoms with E-state index >= 15 is 0 Å². The van der Waals surface area contributed by atoms with Crippen LogP contribution in [0.1, 0.15) is 28.1 Å². The minimum atomic E-state index is -0.393. The van der Waals surface area contributed by atoms with Crippen LogP contribution in [0.3, 0.4) is 0 Å². The molecule has 1 saturated heterocycles. The van der Waals surface area contributed by atoms with E-state index in [-0.39, 0.29) is 11.5 Å². The van der Waals surface area contributed by atoms with Gasteiger partial charge in [0.25, 0.3) is 11.5 Å². The number of carbonyl (C=O) groups is 1. The van der Waals surface area contributed by atoms with Gasteiger partial charge in [0.1, 0.15) is 4.83 Å². The van der Waals surface area contributed by atoms with Crippen molar-refractivity contribution in [3.05, 3.63) is 66.6 Å². The number of hydrogen-bond donors (Lipinski definition) is 1. The standard InChI is InChI=1S/C22H25ClN4O3S/c1-25-20(29)17-11-18(31-21(17)26(2)22(25)30)19(28)24-12-14-6-8-27(9-7-14)13-15-4-3-5-16(23)10-15/h3-5,10-11,14H,6-9,12-13H2,1-2H3,(H,24,28). The Morgan fingerprint density at radius 2 is 1.90 bits per heavy atom. The Kier molecular flexibility index (Phi) is 6.31. The van der Waals surface area contributed by atoms with Gasteiger partial charge in [0, 0.05) is 32.2 Å². The fourth-order valence-corrected chi connectivity index (χ4v) is 5.28. The number of likely N-dealkylation sites (tertiary alicyclic amines) is 1. The molecule has 1 aliphatic heterocycles. The smallest absolute Gasteiger partial charge is 0.331 e. The third-order valence-corrected chi connectivity index (χ3v) is 7.35. The zero-order chi connectivity index (χ0) is 22.1. The summed E-state index contributed by atoms with van der Waals surface area (Å²) in [5, 5.41) is 4.16. The summed E-state index contributed by atoms with van der Waals surface area (Å²) in [6, 6.07) is 9.54. The fourth-order valence-electron chi connectivity index (χ4n) is 4.04. The van der Waals surface area contributed by atoms with Crippen LogP contribution < -0.4 is 16.6 Å². The number of aryl methyl sites for hydroxylation is 1. The normalized spacial score (nSPS) is 15.5. The molecule has 2 aromatic heterocycles. The van der Waals surface area contributed by atoms with Gasteiger partial charge in [-0.2, -0.15) is 0 Å². The van der Waals surface area contributed by atoms with E-state index in [0.717, 1.165) is 42.1 Å². The molecule has 31 heavy (non-hydrogen) atoms. The number of carbonyl (C=O) groups excluding carboxylic acids is 1. The highest BCUT2D eigenvalue weighted by atomic mass is 35.5. The summed E-state index contributed by atoms with van der Waals surface area (Å²) in [6.45, 7) is 3.45. The number of nitrogens with zero attached hydrogens (tertiary/aromatic N) is 3. The Balaban J connectivity index is 1.34. The SMILES string of the molecule is Cn1c(=O)c2cc(C(=O)NCC3CCN(Cc4cccc(Cl)c4)CC3)sc2n(C)c1=O. The van der Waals surface area contributed by atoms with Crippen LogP contribution in [0.4, 0.5) is 0 Å². The van der Waals surface area contributed by atoms with Crippen LogP contribution in [0.25, 0.3) is 10.2 Å². The molecule has 7 nitrogen and oxygen atoms in total. The second-order valence-corrected chi connectivity index (χ2v) is 9.56. The number of amides is 1. The van der Waals surface area contributed by atoms with Gasteiger partial charge in [0.2, 0.25) is 0 Å². The lowest BCUT2D eigenvalue weighted by atomic mass is 9.96. The van der Waals surface area contributed by atoms with E-state index in [0.29, 0.717) is 27.6 Å². The van der Waals surface area contributed by atoms with Crippen LogP contribution in [0, 0.1) is 5.92 Å². The molecule has 0 unspecified atom stereocenters. The molecule has 0 saturated carbocycles. The third-order valence-electron chi connectivity index (χ3n) is 5.90. The Hall–Kier alpha value is -2.42. The quantitative estimate of drug-likeness (QED) is 0.635. The molecule has 0 aliphatic carbocycles. The van der Waals surface area contributed by atoms with Crippen molar-refractivity contribution in [1.29, 1.82) is 0 Å². The van der Waals surface area contributed by atoms with Crippen LogP contribution in [-0.4, -0.2) is 39.6 Å². The number of rotatable bonds is 5. The van der Waals surface area contributed by atoms with Gasteiger partial charge in [0.05, 0.1) is 10.3 Å². The topological polar surface area (TPSA) is 76.3 Å². The monoisotopic (exact) mass is 460 g/mol. The maximum Gasteiger partial charge on any atom is 0.331 e. The molecule has 0 bridgehead atoms. The van der Waals surface area contributed by atoms with Crippen molar-refractivity contribution in [2.45, 2.75) is 19.4 Å². The third kappa shape index (κ3) is 4.61. The Morgan fingerprint density at radius 1 is 1.16 bits per heavy atom.